The van der Waals surface area contributed by atoms with Crippen molar-refractivity contribution in [2.75, 3.05) is 11.9 Å². The zero-order valence-corrected chi connectivity index (χ0v) is 13.4. The van der Waals surface area contributed by atoms with Gasteiger partial charge in [-0.05, 0) is 34.1 Å². The summed E-state index contributed by atoms with van der Waals surface area (Å²) in [4.78, 5) is 0. The number of rotatable bonds is 9. The summed E-state index contributed by atoms with van der Waals surface area (Å²) in [5, 5.41) is 0.878. The smallest absolute Gasteiger partial charge is 0.357 e. The zero-order chi connectivity index (χ0) is 13.3. The van der Waals surface area contributed by atoms with Crippen LogP contribution in [0.5, 0.6) is 0 Å². The monoisotopic (exact) mass is 328 g/mol. The number of alkyl halides is 1. The van der Waals surface area contributed by atoms with Gasteiger partial charge in [-0.3, -0.25) is 4.57 Å². The van der Waals surface area contributed by atoms with E-state index in [0.29, 0.717) is 6.61 Å². The molecule has 0 amide bonds. The number of halogens is 1. The molecular formula is C11H22BrO4P. The second kappa shape index (κ2) is 9.15. The Morgan fingerprint density at radius 2 is 1.71 bits per heavy atom. The molecule has 0 N–H and O–H groups in total. The largest absolute Gasteiger partial charge is 0.501 e. The Morgan fingerprint density at radius 1 is 1.18 bits per heavy atom. The fourth-order valence-corrected chi connectivity index (χ4v) is 2.84. The van der Waals surface area contributed by atoms with Crippen LogP contribution in [0.25, 0.3) is 0 Å². The number of hydrogen-bond donors (Lipinski definition) is 0. The summed E-state index contributed by atoms with van der Waals surface area (Å²) in [6.07, 6.45) is 1.97. The third-order valence-corrected chi connectivity index (χ3v) is 3.93. The van der Waals surface area contributed by atoms with Gasteiger partial charge < -0.3 is 13.8 Å². The topological polar surface area (TPSA) is 44.8 Å². The molecule has 0 spiro atoms. The summed E-state index contributed by atoms with van der Waals surface area (Å²) in [6.45, 7) is 7.84. The molecule has 0 aliphatic heterocycles. The van der Waals surface area contributed by atoms with Crippen molar-refractivity contribution in [2.24, 2.45) is 0 Å². The van der Waals surface area contributed by atoms with Crippen molar-refractivity contribution in [3.63, 3.8) is 0 Å². The van der Waals surface area contributed by atoms with Crippen LogP contribution in [0.2, 0.25) is 0 Å². The summed E-state index contributed by atoms with van der Waals surface area (Å²) < 4.78 is 28.1. The van der Waals surface area contributed by atoms with E-state index in [2.05, 4.69) is 15.9 Å². The first kappa shape index (κ1) is 17.2. The molecule has 0 aromatic heterocycles. The minimum atomic E-state index is -3.20. The lowest BCUT2D eigenvalue weighted by atomic mass is 10.5. The van der Waals surface area contributed by atoms with E-state index in [1.807, 2.05) is 27.7 Å². The lowest BCUT2D eigenvalue weighted by Gasteiger charge is -2.19. The fraction of sp³-hybridized carbons (Fsp3) is 0.818. The Labute approximate surface area is 112 Å². The van der Waals surface area contributed by atoms with Gasteiger partial charge >= 0.3 is 7.60 Å². The lowest BCUT2D eigenvalue weighted by Crippen LogP contribution is -2.06. The molecule has 0 atom stereocenters. The second-order valence-electron chi connectivity index (χ2n) is 4.05. The third kappa shape index (κ3) is 9.83. The first-order chi connectivity index (χ1) is 7.89. The highest BCUT2D eigenvalue weighted by Crippen LogP contribution is 2.51. The van der Waals surface area contributed by atoms with Gasteiger partial charge in [0.25, 0.3) is 0 Å². The van der Waals surface area contributed by atoms with Crippen LogP contribution < -0.4 is 0 Å². The van der Waals surface area contributed by atoms with Crippen molar-refractivity contribution in [3.05, 3.63) is 12.1 Å². The Hall–Kier alpha value is 0.170. The average Bonchev–Trinajstić information content (AvgIpc) is 2.14. The Kier molecular flexibility index (Phi) is 9.24. The van der Waals surface area contributed by atoms with Crippen LogP contribution in [0.3, 0.4) is 0 Å². The third-order valence-electron chi connectivity index (χ3n) is 1.45. The normalized spacial score (nSPS) is 12.9. The van der Waals surface area contributed by atoms with Crippen LogP contribution in [0, 0.1) is 0 Å². The Morgan fingerprint density at radius 3 is 2.12 bits per heavy atom. The highest BCUT2D eigenvalue weighted by molar-refractivity contribution is 9.09. The SMILES string of the molecule is CC(C)OP(=O)(/C=C/OCCCBr)OC(C)C. The molecule has 0 aliphatic carbocycles. The van der Waals surface area contributed by atoms with Crippen molar-refractivity contribution >= 4 is 23.5 Å². The van der Waals surface area contributed by atoms with Gasteiger partial charge in [-0.25, -0.2) is 0 Å². The molecule has 0 radical (unpaired) electrons. The van der Waals surface area contributed by atoms with E-state index in [0.717, 1.165) is 11.8 Å². The summed E-state index contributed by atoms with van der Waals surface area (Å²) >= 11 is 3.30. The summed E-state index contributed by atoms with van der Waals surface area (Å²) in [5.74, 6) is 1.38. The van der Waals surface area contributed by atoms with Crippen molar-refractivity contribution in [2.45, 2.75) is 46.3 Å². The molecule has 102 valence electrons. The van der Waals surface area contributed by atoms with Crippen LogP contribution in [0.1, 0.15) is 34.1 Å². The Bertz CT molecular complexity index is 252. The van der Waals surface area contributed by atoms with E-state index >= 15 is 0 Å². The summed E-state index contributed by atoms with van der Waals surface area (Å²) in [6, 6.07) is 0. The molecule has 0 fully saturated rings. The van der Waals surface area contributed by atoms with Crippen LogP contribution in [-0.2, 0) is 18.3 Å². The summed E-state index contributed by atoms with van der Waals surface area (Å²) in [5.41, 5.74) is 0. The molecule has 0 saturated heterocycles. The predicted molar refractivity (Wildman–Crippen MR) is 73.6 cm³/mol. The number of hydrogen-bond acceptors (Lipinski definition) is 4. The standard InChI is InChI=1S/C11H22BrO4P/c1-10(2)15-17(13,16-11(3)4)9-8-14-7-5-6-12/h8-11H,5-7H2,1-4H3/b9-8+. The minimum absolute atomic E-state index is 0.160. The molecule has 0 unspecified atom stereocenters. The molecule has 0 bridgehead atoms. The summed E-state index contributed by atoms with van der Waals surface area (Å²) in [7, 11) is -3.20. The van der Waals surface area contributed by atoms with Gasteiger partial charge in [-0.2, -0.15) is 0 Å². The van der Waals surface area contributed by atoms with Crippen LogP contribution in [0.4, 0.5) is 0 Å². The van der Waals surface area contributed by atoms with Gasteiger partial charge in [0.15, 0.2) is 0 Å². The lowest BCUT2D eigenvalue weighted by molar-refractivity contribution is 0.148. The minimum Gasteiger partial charge on any atom is -0.501 e. The predicted octanol–water partition coefficient (Wildman–Crippen LogP) is 4.30. The van der Waals surface area contributed by atoms with E-state index < -0.39 is 7.60 Å². The van der Waals surface area contributed by atoms with Crippen LogP contribution >= 0.6 is 23.5 Å². The molecule has 4 nitrogen and oxygen atoms in total. The van der Waals surface area contributed by atoms with E-state index in [4.69, 9.17) is 13.8 Å². The molecule has 0 rings (SSSR count). The van der Waals surface area contributed by atoms with E-state index in [1.165, 1.54) is 12.1 Å². The molecular weight excluding hydrogens is 307 g/mol. The highest BCUT2D eigenvalue weighted by atomic mass is 79.9. The van der Waals surface area contributed by atoms with Crippen molar-refractivity contribution in [1.29, 1.82) is 0 Å². The molecule has 0 saturated carbocycles. The van der Waals surface area contributed by atoms with Gasteiger partial charge in [0.05, 0.1) is 30.9 Å². The molecule has 0 heterocycles. The Balaban J connectivity index is 4.32. The van der Waals surface area contributed by atoms with E-state index in [9.17, 15) is 4.57 Å². The highest BCUT2D eigenvalue weighted by Gasteiger charge is 2.24. The van der Waals surface area contributed by atoms with Gasteiger partial charge in [0.2, 0.25) is 0 Å². The van der Waals surface area contributed by atoms with Crippen LogP contribution in [-0.4, -0.2) is 24.1 Å². The zero-order valence-electron chi connectivity index (χ0n) is 10.9. The average molecular weight is 329 g/mol. The first-order valence-electron chi connectivity index (χ1n) is 5.71. The fourth-order valence-electron chi connectivity index (χ4n) is 1.01. The molecule has 17 heavy (non-hydrogen) atoms. The van der Waals surface area contributed by atoms with Crippen LogP contribution in [0.15, 0.2) is 12.1 Å². The van der Waals surface area contributed by atoms with Gasteiger partial charge in [-0.1, -0.05) is 15.9 Å². The second-order valence-corrected chi connectivity index (χ2v) is 6.64. The first-order valence-corrected chi connectivity index (χ1v) is 8.45. The van der Waals surface area contributed by atoms with Gasteiger partial charge in [0, 0.05) is 5.33 Å². The molecule has 0 aliphatic rings. The maximum atomic E-state index is 12.2. The maximum Gasteiger partial charge on any atom is 0.357 e. The maximum absolute atomic E-state index is 12.2. The van der Waals surface area contributed by atoms with Gasteiger partial charge in [-0.15, -0.1) is 0 Å². The van der Waals surface area contributed by atoms with Gasteiger partial charge in [0.1, 0.15) is 0 Å². The quantitative estimate of drug-likeness (QED) is 0.274. The van der Waals surface area contributed by atoms with Crippen molar-refractivity contribution in [3.8, 4) is 0 Å². The van der Waals surface area contributed by atoms with Crippen molar-refractivity contribution < 1.29 is 18.3 Å². The van der Waals surface area contributed by atoms with Crippen molar-refractivity contribution in [1.82, 2.24) is 0 Å². The molecule has 0 aromatic rings. The van der Waals surface area contributed by atoms with E-state index in [1.54, 1.807) is 0 Å². The number of ether oxygens (including phenoxy) is 1. The molecule has 6 heteroatoms. The van der Waals surface area contributed by atoms with E-state index in [-0.39, 0.29) is 12.2 Å². The molecule has 0 aromatic carbocycles.